The molecule has 0 aromatic heterocycles. The minimum Gasteiger partial charge on any atom is -0.389 e. The summed E-state index contributed by atoms with van der Waals surface area (Å²) in [6.45, 7) is 5.09. The van der Waals surface area contributed by atoms with Gasteiger partial charge in [0.2, 0.25) is 0 Å². The molecular formula is C16H25NO. The van der Waals surface area contributed by atoms with Gasteiger partial charge in [-0.2, -0.15) is 0 Å². The van der Waals surface area contributed by atoms with Crippen LogP contribution in [0.1, 0.15) is 56.7 Å². The van der Waals surface area contributed by atoms with Crippen LogP contribution in [-0.4, -0.2) is 17.3 Å². The summed E-state index contributed by atoms with van der Waals surface area (Å²) in [7, 11) is 0. The summed E-state index contributed by atoms with van der Waals surface area (Å²) >= 11 is 0. The van der Waals surface area contributed by atoms with Crippen LogP contribution in [-0.2, 0) is 6.42 Å². The van der Waals surface area contributed by atoms with Gasteiger partial charge < -0.3 is 10.4 Å². The van der Waals surface area contributed by atoms with Crippen LogP contribution < -0.4 is 5.32 Å². The molecule has 2 N–H and O–H groups in total. The van der Waals surface area contributed by atoms with Crippen LogP contribution in [0.4, 0.5) is 0 Å². The molecule has 0 saturated heterocycles. The Bertz CT molecular complexity index is 367. The molecule has 1 saturated carbocycles. The lowest BCUT2D eigenvalue weighted by Crippen LogP contribution is -2.47. The van der Waals surface area contributed by atoms with Crippen LogP contribution >= 0.6 is 0 Å². The highest BCUT2D eigenvalue weighted by atomic mass is 16.3. The zero-order valence-electron chi connectivity index (χ0n) is 11.6. The summed E-state index contributed by atoms with van der Waals surface area (Å²) < 4.78 is 0. The molecule has 2 rings (SSSR count). The number of hydrogen-bond donors (Lipinski definition) is 2. The number of nitrogens with one attached hydrogen (secondary N) is 1. The van der Waals surface area contributed by atoms with E-state index in [9.17, 15) is 5.11 Å². The summed E-state index contributed by atoms with van der Waals surface area (Å²) in [4.78, 5) is 0. The third kappa shape index (κ3) is 3.12. The van der Waals surface area contributed by atoms with Crippen LogP contribution in [0.2, 0.25) is 0 Å². The average Bonchev–Trinajstić information content (AvgIpc) is 2.38. The SMILES string of the molecule is CCc1ccc(C(CC)NCC2(O)CCC2)cc1. The monoisotopic (exact) mass is 247 g/mol. The van der Waals surface area contributed by atoms with Crippen molar-refractivity contribution in [1.29, 1.82) is 0 Å². The Morgan fingerprint density at radius 3 is 2.33 bits per heavy atom. The second kappa shape index (κ2) is 5.85. The molecule has 18 heavy (non-hydrogen) atoms. The van der Waals surface area contributed by atoms with E-state index >= 15 is 0 Å². The molecule has 2 heteroatoms. The van der Waals surface area contributed by atoms with E-state index in [-0.39, 0.29) is 0 Å². The smallest absolute Gasteiger partial charge is 0.0771 e. The molecule has 1 aliphatic carbocycles. The number of benzene rings is 1. The van der Waals surface area contributed by atoms with E-state index in [1.165, 1.54) is 17.5 Å². The van der Waals surface area contributed by atoms with Crippen molar-refractivity contribution < 1.29 is 5.11 Å². The fraction of sp³-hybridized carbons (Fsp3) is 0.625. The van der Waals surface area contributed by atoms with E-state index in [0.29, 0.717) is 6.04 Å². The Labute approximate surface area is 110 Å². The van der Waals surface area contributed by atoms with Crippen molar-refractivity contribution in [2.24, 2.45) is 0 Å². The number of aliphatic hydroxyl groups is 1. The zero-order valence-corrected chi connectivity index (χ0v) is 11.6. The first kappa shape index (κ1) is 13.6. The molecule has 2 nitrogen and oxygen atoms in total. The van der Waals surface area contributed by atoms with Gasteiger partial charge in [-0.25, -0.2) is 0 Å². The van der Waals surface area contributed by atoms with Crippen molar-refractivity contribution in [2.75, 3.05) is 6.54 Å². The molecule has 1 fully saturated rings. The molecule has 0 bridgehead atoms. The first-order valence-electron chi connectivity index (χ1n) is 7.21. The van der Waals surface area contributed by atoms with E-state index in [4.69, 9.17) is 0 Å². The van der Waals surface area contributed by atoms with Crippen LogP contribution in [0, 0.1) is 0 Å². The molecule has 1 aromatic carbocycles. The number of hydrogen-bond acceptors (Lipinski definition) is 2. The maximum absolute atomic E-state index is 10.1. The highest BCUT2D eigenvalue weighted by Gasteiger charge is 2.34. The van der Waals surface area contributed by atoms with Gasteiger partial charge in [0.05, 0.1) is 5.60 Å². The number of aryl methyl sites for hydroxylation is 1. The van der Waals surface area contributed by atoms with Gasteiger partial charge in [-0.1, -0.05) is 38.1 Å². The van der Waals surface area contributed by atoms with Crippen molar-refractivity contribution >= 4 is 0 Å². The van der Waals surface area contributed by atoms with Crippen LogP contribution in [0.25, 0.3) is 0 Å². The fourth-order valence-electron chi connectivity index (χ4n) is 2.56. The first-order chi connectivity index (χ1) is 8.67. The Morgan fingerprint density at radius 1 is 1.22 bits per heavy atom. The van der Waals surface area contributed by atoms with Crippen molar-refractivity contribution in [1.82, 2.24) is 5.32 Å². The van der Waals surface area contributed by atoms with Gasteiger partial charge in [-0.05, 0) is 43.2 Å². The van der Waals surface area contributed by atoms with Gasteiger partial charge >= 0.3 is 0 Å². The third-order valence-electron chi connectivity index (χ3n) is 4.16. The lowest BCUT2D eigenvalue weighted by atomic mass is 9.80. The van der Waals surface area contributed by atoms with Gasteiger partial charge in [0.15, 0.2) is 0 Å². The second-order valence-corrected chi connectivity index (χ2v) is 5.51. The van der Waals surface area contributed by atoms with E-state index in [1.54, 1.807) is 0 Å². The van der Waals surface area contributed by atoms with Gasteiger partial charge in [0, 0.05) is 12.6 Å². The second-order valence-electron chi connectivity index (χ2n) is 5.51. The Hall–Kier alpha value is -0.860. The predicted molar refractivity (Wildman–Crippen MR) is 75.7 cm³/mol. The molecule has 0 amide bonds. The molecule has 1 atom stereocenters. The van der Waals surface area contributed by atoms with E-state index < -0.39 is 5.60 Å². The summed E-state index contributed by atoms with van der Waals surface area (Å²) in [5, 5.41) is 13.6. The third-order valence-corrected chi connectivity index (χ3v) is 4.16. The minimum atomic E-state index is -0.434. The van der Waals surface area contributed by atoms with Crippen LogP contribution in [0.3, 0.4) is 0 Å². The fourth-order valence-corrected chi connectivity index (χ4v) is 2.56. The summed E-state index contributed by atoms with van der Waals surface area (Å²) in [5.74, 6) is 0. The van der Waals surface area contributed by atoms with Crippen LogP contribution in [0.15, 0.2) is 24.3 Å². The number of rotatable bonds is 6. The van der Waals surface area contributed by atoms with Crippen LogP contribution in [0.5, 0.6) is 0 Å². The van der Waals surface area contributed by atoms with Gasteiger partial charge in [-0.3, -0.25) is 0 Å². The van der Waals surface area contributed by atoms with Crippen molar-refractivity contribution in [3.05, 3.63) is 35.4 Å². The molecule has 1 unspecified atom stereocenters. The molecule has 1 aromatic rings. The van der Waals surface area contributed by atoms with Crippen molar-refractivity contribution in [3.8, 4) is 0 Å². The average molecular weight is 247 g/mol. The predicted octanol–water partition coefficient (Wildman–Crippen LogP) is 3.20. The van der Waals surface area contributed by atoms with Crippen molar-refractivity contribution in [3.63, 3.8) is 0 Å². The Balaban J connectivity index is 1.94. The molecule has 1 aliphatic rings. The molecule has 0 radical (unpaired) electrons. The first-order valence-corrected chi connectivity index (χ1v) is 7.21. The Kier molecular flexibility index (Phi) is 4.41. The quantitative estimate of drug-likeness (QED) is 0.809. The van der Waals surface area contributed by atoms with E-state index in [1.807, 2.05) is 0 Å². The van der Waals surface area contributed by atoms with Gasteiger partial charge in [0.1, 0.15) is 0 Å². The standard InChI is InChI=1S/C16H25NO/c1-3-13-6-8-14(9-7-13)15(4-2)17-12-16(18)10-5-11-16/h6-9,15,17-18H,3-5,10-12H2,1-2H3. The van der Waals surface area contributed by atoms with Gasteiger partial charge in [0.25, 0.3) is 0 Å². The maximum atomic E-state index is 10.1. The Morgan fingerprint density at radius 2 is 1.89 bits per heavy atom. The van der Waals surface area contributed by atoms with E-state index in [2.05, 4.69) is 43.4 Å². The maximum Gasteiger partial charge on any atom is 0.0771 e. The normalized spacial score (nSPS) is 19.3. The summed E-state index contributed by atoms with van der Waals surface area (Å²) in [6.07, 6.45) is 5.21. The summed E-state index contributed by atoms with van der Waals surface area (Å²) in [5.41, 5.74) is 2.28. The lowest BCUT2D eigenvalue weighted by Gasteiger charge is -2.38. The zero-order chi connectivity index (χ0) is 13.0. The van der Waals surface area contributed by atoms with Crippen molar-refractivity contribution in [2.45, 2.75) is 57.6 Å². The molecular weight excluding hydrogens is 222 g/mol. The lowest BCUT2D eigenvalue weighted by molar-refractivity contribution is -0.0333. The van der Waals surface area contributed by atoms with Gasteiger partial charge in [-0.15, -0.1) is 0 Å². The molecule has 0 heterocycles. The largest absolute Gasteiger partial charge is 0.389 e. The highest BCUT2D eigenvalue weighted by Crippen LogP contribution is 2.31. The molecule has 100 valence electrons. The minimum absolute atomic E-state index is 0.362. The summed E-state index contributed by atoms with van der Waals surface area (Å²) in [6, 6.07) is 9.20. The molecule has 0 aliphatic heterocycles. The van der Waals surface area contributed by atoms with E-state index in [0.717, 1.165) is 32.2 Å². The highest BCUT2D eigenvalue weighted by molar-refractivity contribution is 5.25. The topological polar surface area (TPSA) is 32.3 Å². The molecule has 0 spiro atoms.